The van der Waals surface area contributed by atoms with Gasteiger partial charge in [0, 0.05) is 24.5 Å². The van der Waals surface area contributed by atoms with E-state index in [4.69, 9.17) is 0 Å². The highest BCUT2D eigenvalue weighted by Crippen LogP contribution is 2.30. The summed E-state index contributed by atoms with van der Waals surface area (Å²) in [6, 6.07) is 15.4. The zero-order valence-corrected chi connectivity index (χ0v) is 19.6. The lowest BCUT2D eigenvalue weighted by Crippen LogP contribution is -2.46. The number of nitrogens with zero attached hydrogens (tertiary/aromatic N) is 5. The van der Waals surface area contributed by atoms with Crippen LogP contribution in [-0.4, -0.2) is 38.3 Å². The predicted molar refractivity (Wildman–Crippen MR) is 131 cm³/mol. The Morgan fingerprint density at radius 1 is 1.06 bits per heavy atom. The van der Waals surface area contributed by atoms with Crippen molar-refractivity contribution in [3.63, 3.8) is 0 Å². The van der Waals surface area contributed by atoms with Gasteiger partial charge in [-0.3, -0.25) is 19.5 Å². The normalized spacial score (nSPS) is 12.0. The summed E-state index contributed by atoms with van der Waals surface area (Å²) in [5.41, 5.74) is 1.76. The van der Waals surface area contributed by atoms with Gasteiger partial charge in [0.05, 0.1) is 11.2 Å². The lowest BCUT2D eigenvalue weighted by Gasteiger charge is -2.31. The summed E-state index contributed by atoms with van der Waals surface area (Å²) in [5.74, 6) is -1.16. The molecule has 0 aliphatic heterocycles. The molecule has 1 unspecified atom stereocenters. The Morgan fingerprint density at radius 2 is 1.83 bits per heavy atom. The average molecular weight is 475 g/mol. The van der Waals surface area contributed by atoms with Gasteiger partial charge in [-0.2, -0.15) is 0 Å². The predicted octanol–water partition coefficient (Wildman–Crippen LogP) is 3.90. The minimum absolute atomic E-state index is 0.00483. The van der Waals surface area contributed by atoms with E-state index in [2.05, 4.69) is 34.5 Å². The molecule has 0 radical (unpaired) electrons. The number of pyridine rings is 1. The van der Waals surface area contributed by atoms with Crippen LogP contribution in [0.15, 0.2) is 73.1 Å². The Hall–Kier alpha value is -4.14. The van der Waals surface area contributed by atoms with Gasteiger partial charge in [-0.15, -0.1) is 5.10 Å². The number of hydrogen-bond donors (Lipinski definition) is 1. The van der Waals surface area contributed by atoms with E-state index in [0.29, 0.717) is 29.1 Å². The largest absolute Gasteiger partial charge is 0.354 e. The number of benzene rings is 2. The molecule has 9 heteroatoms. The molecule has 2 aromatic heterocycles. The summed E-state index contributed by atoms with van der Waals surface area (Å²) < 4.78 is 16.5. The molecule has 1 atom stereocenters. The molecule has 0 aliphatic carbocycles. The second kappa shape index (κ2) is 10.9. The average Bonchev–Trinajstić information content (AvgIpc) is 3.26. The van der Waals surface area contributed by atoms with Crippen molar-refractivity contribution in [2.45, 2.75) is 32.9 Å². The molecule has 0 fully saturated rings. The first-order valence-corrected chi connectivity index (χ1v) is 11.5. The molecule has 180 valence electrons. The zero-order chi connectivity index (χ0) is 24.8. The maximum absolute atomic E-state index is 15.1. The van der Waals surface area contributed by atoms with E-state index in [1.807, 2.05) is 12.1 Å². The van der Waals surface area contributed by atoms with Gasteiger partial charge in [-0.25, -0.2) is 9.07 Å². The lowest BCUT2D eigenvalue weighted by atomic mass is 10.0. The van der Waals surface area contributed by atoms with Crippen molar-refractivity contribution in [2.75, 3.05) is 11.4 Å². The fraction of sp³-hybridized carbons (Fsp3) is 0.269. The molecule has 2 aromatic carbocycles. The molecule has 0 aliphatic rings. The monoisotopic (exact) mass is 474 g/mol. The first-order chi connectivity index (χ1) is 17.0. The molecule has 2 heterocycles. The van der Waals surface area contributed by atoms with Crippen LogP contribution < -0.4 is 10.2 Å². The number of anilines is 1. The Morgan fingerprint density at radius 3 is 2.57 bits per heavy atom. The molecular weight excluding hydrogens is 447 g/mol. The smallest absolute Gasteiger partial charge is 0.249 e. The third kappa shape index (κ3) is 5.51. The van der Waals surface area contributed by atoms with E-state index in [-0.39, 0.29) is 12.2 Å². The van der Waals surface area contributed by atoms with E-state index in [1.165, 1.54) is 34.0 Å². The number of para-hydroxylation sites is 2. The topological polar surface area (TPSA) is 93.0 Å². The standard InChI is InChI=1S/C26H27FN6O2/c1-18(2)13-15-29-26(35)25(19-8-7-14-28-16-19)33(22-11-5-3-9-20(22)27)24(34)17-32-23-12-6-4-10-21(23)30-31-32/h3-12,14,16,18,25H,13,15,17H2,1-2H3,(H,29,35). The maximum atomic E-state index is 15.1. The SMILES string of the molecule is CC(C)CCNC(=O)C(c1cccnc1)N(C(=O)Cn1nnc2ccccc21)c1ccccc1F. The molecular formula is C26H27FN6O2. The molecule has 2 amide bonds. The molecule has 1 N–H and O–H groups in total. The molecule has 0 saturated carbocycles. The second-order valence-electron chi connectivity index (χ2n) is 8.61. The van der Waals surface area contributed by atoms with Gasteiger partial charge in [-0.05, 0) is 42.7 Å². The molecule has 4 aromatic rings. The zero-order valence-electron chi connectivity index (χ0n) is 19.6. The third-order valence-electron chi connectivity index (χ3n) is 5.61. The number of carbonyl (C=O) groups excluding carboxylic acids is 2. The first kappa shape index (κ1) is 24.0. The summed E-state index contributed by atoms with van der Waals surface area (Å²) in [4.78, 5) is 32.6. The Bertz CT molecular complexity index is 1310. The van der Waals surface area contributed by atoms with E-state index in [9.17, 15) is 9.59 Å². The second-order valence-corrected chi connectivity index (χ2v) is 8.61. The summed E-state index contributed by atoms with van der Waals surface area (Å²) >= 11 is 0. The lowest BCUT2D eigenvalue weighted by molar-refractivity contribution is -0.127. The van der Waals surface area contributed by atoms with Crippen LogP contribution in [0.2, 0.25) is 0 Å². The van der Waals surface area contributed by atoms with Crippen LogP contribution in [-0.2, 0) is 16.1 Å². The van der Waals surface area contributed by atoms with Crippen molar-refractivity contribution < 1.29 is 14.0 Å². The van der Waals surface area contributed by atoms with Crippen LogP contribution in [0.1, 0.15) is 31.9 Å². The molecule has 8 nitrogen and oxygen atoms in total. The van der Waals surface area contributed by atoms with Gasteiger partial charge >= 0.3 is 0 Å². The van der Waals surface area contributed by atoms with Gasteiger partial charge in [0.2, 0.25) is 11.8 Å². The van der Waals surface area contributed by atoms with Gasteiger partial charge in [0.25, 0.3) is 0 Å². The summed E-state index contributed by atoms with van der Waals surface area (Å²) in [6.07, 6.45) is 3.86. The van der Waals surface area contributed by atoms with Gasteiger partial charge in [0.15, 0.2) is 0 Å². The van der Waals surface area contributed by atoms with Gasteiger partial charge in [-0.1, -0.05) is 49.4 Å². The number of nitrogens with one attached hydrogen (secondary N) is 1. The molecule has 0 spiro atoms. The van der Waals surface area contributed by atoms with Crippen molar-refractivity contribution in [2.24, 2.45) is 5.92 Å². The third-order valence-corrected chi connectivity index (χ3v) is 5.61. The summed E-state index contributed by atoms with van der Waals surface area (Å²) in [7, 11) is 0. The van der Waals surface area contributed by atoms with Crippen LogP contribution in [0.25, 0.3) is 11.0 Å². The maximum Gasteiger partial charge on any atom is 0.249 e. The highest BCUT2D eigenvalue weighted by atomic mass is 19.1. The Balaban J connectivity index is 1.76. The van der Waals surface area contributed by atoms with E-state index >= 15 is 4.39 Å². The minimum Gasteiger partial charge on any atom is -0.354 e. The van der Waals surface area contributed by atoms with Gasteiger partial charge in [0.1, 0.15) is 23.9 Å². The number of halogens is 1. The fourth-order valence-corrected chi connectivity index (χ4v) is 3.84. The van der Waals surface area contributed by atoms with Crippen molar-refractivity contribution in [1.82, 2.24) is 25.3 Å². The highest BCUT2D eigenvalue weighted by molar-refractivity contribution is 6.01. The number of aromatic nitrogens is 4. The summed E-state index contributed by atoms with van der Waals surface area (Å²) in [5, 5.41) is 11.1. The van der Waals surface area contributed by atoms with Crippen LogP contribution in [0.5, 0.6) is 0 Å². The van der Waals surface area contributed by atoms with Crippen molar-refractivity contribution >= 4 is 28.5 Å². The van der Waals surface area contributed by atoms with Crippen LogP contribution in [0.3, 0.4) is 0 Å². The number of amides is 2. The molecule has 4 rings (SSSR count). The van der Waals surface area contributed by atoms with Crippen molar-refractivity contribution in [3.8, 4) is 0 Å². The molecule has 0 bridgehead atoms. The minimum atomic E-state index is -1.13. The summed E-state index contributed by atoms with van der Waals surface area (Å²) in [6.45, 7) is 4.32. The van der Waals surface area contributed by atoms with E-state index < -0.39 is 23.7 Å². The van der Waals surface area contributed by atoms with Crippen LogP contribution >= 0.6 is 0 Å². The molecule has 35 heavy (non-hydrogen) atoms. The number of rotatable bonds is 9. The quantitative estimate of drug-likeness (QED) is 0.397. The van der Waals surface area contributed by atoms with Crippen molar-refractivity contribution in [3.05, 3.63) is 84.4 Å². The number of fused-ring (bicyclic) bond motifs is 1. The van der Waals surface area contributed by atoms with Gasteiger partial charge < -0.3 is 5.32 Å². The van der Waals surface area contributed by atoms with E-state index in [0.717, 1.165) is 6.42 Å². The van der Waals surface area contributed by atoms with E-state index in [1.54, 1.807) is 36.5 Å². The Labute approximate surface area is 202 Å². The highest BCUT2D eigenvalue weighted by Gasteiger charge is 2.34. The number of hydrogen-bond acceptors (Lipinski definition) is 5. The van der Waals surface area contributed by atoms with Crippen LogP contribution in [0.4, 0.5) is 10.1 Å². The molecule has 0 saturated heterocycles. The Kier molecular flexibility index (Phi) is 7.45. The number of carbonyl (C=O) groups is 2. The fourth-order valence-electron chi connectivity index (χ4n) is 3.84. The van der Waals surface area contributed by atoms with Crippen molar-refractivity contribution in [1.29, 1.82) is 0 Å². The first-order valence-electron chi connectivity index (χ1n) is 11.5. The van der Waals surface area contributed by atoms with Crippen LogP contribution in [0, 0.1) is 11.7 Å².